The zero-order valence-electron chi connectivity index (χ0n) is 10.9. The molecule has 0 aromatic carbocycles. The predicted octanol–water partition coefficient (Wildman–Crippen LogP) is 3.43. The van der Waals surface area contributed by atoms with Gasteiger partial charge < -0.3 is 9.30 Å². The number of hydrogen-bond acceptors (Lipinski definition) is 4. The minimum absolute atomic E-state index is 0.0289. The lowest BCUT2D eigenvalue weighted by Gasteiger charge is -2.08. The Kier molecular flexibility index (Phi) is 3.35. The van der Waals surface area contributed by atoms with Crippen LogP contribution in [-0.2, 0) is 7.05 Å². The Balaban J connectivity index is 2.33. The molecule has 102 valence electrons. The zero-order chi connectivity index (χ0) is 14.3. The lowest BCUT2D eigenvalue weighted by molar-refractivity contribution is 0.399. The summed E-state index contributed by atoms with van der Waals surface area (Å²) in [5, 5.41) is 0. The molecule has 3 heterocycles. The summed E-state index contributed by atoms with van der Waals surface area (Å²) in [6, 6.07) is 9.28. The van der Waals surface area contributed by atoms with Crippen molar-refractivity contribution in [2.24, 2.45) is 7.05 Å². The highest BCUT2D eigenvalue weighted by Crippen LogP contribution is 2.30. The molecular formula is C14H11BrN2O2S. The Morgan fingerprint density at radius 3 is 2.75 bits per heavy atom. The van der Waals surface area contributed by atoms with Crippen molar-refractivity contribution >= 4 is 38.3 Å². The van der Waals surface area contributed by atoms with Gasteiger partial charge in [-0.25, -0.2) is 4.98 Å². The van der Waals surface area contributed by atoms with E-state index in [-0.39, 0.29) is 5.56 Å². The maximum atomic E-state index is 12.4. The third-order valence-electron chi connectivity index (χ3n) is 3.10. The maximum Gasteiger partial charge on any atom is 0.259 e. The summed E-state index contributed by atoms with van der Waals surface area (Å²) in [6.45, 7) is 0. The molecular weight excluding hydrogens is 340 g/mol. The second-order valence-electron chi connectivity index (χ2n) is 4.28. The first-order valence-corrected chi connectivity index (χ1v) is 7.51. The predicted molar refractivity (Wildman–Crippen MR) is 84.5 cm³/mol. The van der Waals surface area contributed by atoms with Gasteiger partial charge in [0, 0.05) is 18.0 Å². The van der Waals surface area contributed by atoms with Crippen LogP contribution in [0, 0.1) is 0 Å². The Hall–Kier alpha value is -1.66. The molecule has 0 saturated carbocycles. The molecule has 3 aromatic rings. The summed E-state index contributed by atoms with van der Waals surface area (Å²) < 4.78 is 7.75. The van der Waals surface area contributed by atoms with Crippen LogP contribution in [0.3, 0.4) is 0 Å². The van der Waals surface area contributed by atoms with Crippen LogP contribution >= 0.6 is 27.3 Å². The molecule has 3 rings (SSSR count). The van der Waals surface area contributed by atoms with Crippen molar-refractivity contribution in [3.05, 3.63) is 44.5 Å². The molecule has 0 aliphatic heterocycles. The fraction of sp³-hybridized carbons (Fsp3) is 0.143. The summed E-state index contributed by atoms with van der Waals surface area (Å²) in [4.78, 5) is 17.8. The van der Waals surface area contributed by atoms with Crippen molar-refractivity contribution in [2.45, 2.75) is 0 Å². The molecule has 0 N–H and O–H groups in total. The van der Waals surface area contributed by atoms with Crippen LogP contribution in [0.5, 0.6) is 5.88 Å². The molecule has 0 radical (unpaired) electrons. The first-order chi connectivity index (χ1) is 9.60. The Morgan fingerprint density at radius 2 is 2.10 bits per heavy atom. The van der Waals surface area contributed by atoms with Crippen LogP contribution in [-0.4, -0.2) is 16.7 Å². The van der Waals surface area contributed by atoms with Gasteiger partial charge in [0.05, 0.1) is 27.5 Å². The number of ether oxygens (including phenoxy) is 1. The number of methoxy groups -OCH3 is 1. The first kappa shape index (κ1) is 13.3. The molecule has 6 heteroatoms. The monoisotopic (exact) mass is 350 g/mol. The maximum absolute atomic E-state index is 12.4. The van der Waals surface area contributed by atoms with Gasteiger partial charge in [-0.1, -0.05) is 0 Å². The second kappa shape index (κ2) is 5.03. The molecule has 0 atom stereocenters. The first-order valence-electron chi connectivity index (χ1n) is 5.90. The SMILES string of the molecule is COc1ccc2c(cc(-c3ccc(Br)s3)c(=O)n2C)n1. The average molecular weight is 351 g/mol. The second-order valence-corrected chi connectivity index (χ2v) is 6.75. The number of aryl methyl sites for hydroxylation is 1. The normalized spacial score (nSPS) is 10.9. The fourth-order valence-corrected chi connectivity index (χ4v) is 3.47. The summed E-state index contributed by atoms with van der Waals surface area (Å²) in [5.74, 6) is 0.537. The van der Waals surface area contributed by atoms with Crippen LogP contribution in [0.25, 0.3) is 21.5 Å². The van der Waals surface area contributed by atoms with E-state index < -0.39 is 0 Å². The molecule has 3 aromatic heterocycles. The van der Waals surface area contributed by atoms with Gasteiger partial charge in [0.2, 0.25) is 5.88 Å². The average Bonchev–Trinajstić information content (AvgIpc) is 2.88. The minimum Gasteiger partial charge on any atom is -0.481 e. The minimum atomic E-state index is -0.0289. The van der Waals surface area contributed by atoms with Crippen molar-refractivity contribution in [1.29, 1.82) is 0 Å². The quantitative estimate of drug-likeness (QED) is 0.711. The third-order valence-corrected chi connectivity index (χ3v) is 4.76. The molecule has 0 aliphatic rings. The van der Waals surface area contributed by atoms with Gasteiger partial charge in [-0.2, -0.15) is 0 Å². The Morgan fingerprint density at radius 1 is 1.30 bits per heavy atom. The highest BCUT2D eigenvalue weighted by atomic mass is 79.9. The number of halogens is 1. The summed E-state index contributed by atoms with van der Waals surface area (Å²) in [5.41, 5.74) is 2.15. The van der Waals surface area contributed by atoms with Crippen molar-refractivity contribution in [3.8, 4) is 16.3 Å². The Bertz CT molecular complexity index is 854. The molecule has 0 amide bonds. The van der Waals surface area contributed by atoms with Gasteiger partial charge in [0.25, 0.3) is 5.56 Å². The van der Waals surface area contributed by atoms with Gasteiger partial charge in [0.1, 0.15) is 0 Å². The van der Waals surface area contributed by atoms with Crippen molar-refractivity contribution in [3.63, 3.8) is 0 Å². The van der Waals surface area contributed by atoms with E-state index in [0.717, 1.165) is 19.7 Å². The van der Waals surface area contributed by atoms with E-state index in [9.17, 15) is 4.79 Å². The van der Waals surface area contributed by atoms with Crippen molar-refractivity contribution in [2.75, 3.05) is 7.11 Å². The number of pyridine rings is 2. The largest absolute Gasteiger partial charge is 0.481 e. The van der Waals surface area contributed by atoms with Crippen LogP contribution in [0.4, 0.5) is 0 Å². The van der Waals surface area contributed by atoms with Crippen molar-refractivity contribution < 1.29 is 4.74 Å². The van der Waals surface area contributed by atoms with Crippen molar-refractivity contribution in [1.82, 2.24) is 9.55 Å². The molecule has 20 heavy (non-hydrogen) atoms. The molecule has 0 saturated heterocycles. The third kappa shape index (κ3) is 2.14. The van der Waals surface area contributed by atoms with Gasteiger partial charge in [-0.3, -0.25) is 4.79 Å². The molecule has 0 unspecified atom stereocenters. The van der Waals surface area contributed by atoms with E-state index in [1.807, 2.05) is 24.3 Å². The van der Waals surface area contributed by atoms with Crippen LogP contribution in [0.2, 0.25) is 0 Å². The van der Waals surface area contributed by atoms with Crippen LogP contribution < -0.4 is 10.3 Å². The van der Waals surface area contributed by atoms with Gasteiger partial charge in [-0.15, -0.1) is 11.3 Å². The van der Waals surface area contributed by atoms with E-state index in [1.54, 1.807) is 24.8 Å². The van der Waals surface area contributed by atoms with Crippen LogP contribution in [0.15, 0.2) is 38.9 Å². The van der Waals surface area contributed by atoms with E-state index >= 15 is 0 Å². The number of aromatic nitrogens is 2. The lowest BCUT2D eigenvalue weighted by atomic mass is 10.2. The lowest BCUT2D eigenvalue weighted by Crippen LogP contribution is -2.18. The van der Waals surface area contributed by atoms with E-state index in [1.165, 1.54) is 11.3 Å². The number of rotatable bonds is 2. The highest BCUT2D eigenvalue weighted by molar-refractivity contribution is 9.11. The van der Waals surface area contributed by atoms with Gasteiger partial charge in [-0.05, 0) is 40.2 Å². The Labute approximate surface area is 127 Å². The number of nitrogens with zero attached hydrogens (tertiary/aromatic N) is 2. The smallest absolute Gasteiger partial charge is 0.259 e. The topological polar surface area (TPSA) is 44.1 Å². The van der Waals surface area contributed by atoms with E-state index in [2.05, 4.69) is 20.9 Å². The standard InChI is InChI=1S/C14H11BrN2O2S/c1-17-10-3-6-13(19-2)16-9(10)7-8(14(17)18)11-4-5-12(15)20-11/h3-7H,1-2H3. The molecule has 0 fully saturated rings. The molecule has 0 spiro atoms. The zero-order valence-corrected chi connectivity index (χ0v) is 13.3. The summed E-state index contributed by atoms with van der Waals surface area (Å²) >= 11 is 4.95. The number of thiophene rings is 1. The summed E-state index contributed by atoms with van der Waals surface area (Å²) in [7, 11) is 3.33. The number of fused-ring (bicyclic) bond motifs is 1. The van der Waals surface area contributed by atoms with Gasteiger partial charge in [0.15, 0.2) is 0 Å². The molecule has 0 bridgehead atoms. The number of hydrogen-bond donors (Lipinski definition) is 0. The van der Waals surface area contributed by atoms with Crippen LogP contribution in [0.1, 0.15) is 0 Å². The van der Waals surface area contributed by atoms with Gasteiger partial charge >= 0.3 is 0 Å². The van der Waals surface area contributed by atoms with E-state index in [4.69, 9.17) is 4.74 Å². The molecule has 0 aliphatic carbocycles. The molecule has 4 nitrogen and oxygen atoms in total. The highest BCUT2D eigenvalue weighted by Gasteiger charge is 2.12. The summed E-state index contributed by atoms with van der Waals surface area (Å²) in [6.07, 6.45) is 0. The van der Waals surface area contributed by atoms with E-state index in [0.29, 0.717) is 11.4 Å². The fourth-order valence-electron chi connectivity index (χ4n) is 2.08.